The molecule has 0 saturated heterocycles. The molecule has 3 aromatic heterocycles. The molecule has 152 valence electrons. The molecule has 0 bridgehead atoms. The van der Waals surface area contributed by atoms with Crippen LogP contribution in [0.1, 0.15) is 5.76 Å². The van der Waals surface area contributed by atoms with E-state index in [1.165, 1.54) is 10.8 Å². The summed E-state index contributed by atoms with van der Waals surface area (Å²) in [6.07, 6.45) is 1.46. The van der Waals surface area contributed by atoms with Gasteiger partial charge in [0.15, 0.2) is 5.16 Å². The molecule has 3 N–H and O–H groups in total. The number of furan rings is 1. The predicted octanol–water partition coefficient (Wildman–Crippen LogP) is 1.15. The van der Waals surface area contributed by atoms with Crippen LogP contribution in [0.3, 0.4) is 0 Å². The number of para-hydroxylation sites is 1. The Hall–Kier alpha value is -3.86. The number of nitrogens with zero attached hydrogens (tertiary/aromatic N) is 2. The van der Waals surface area contributed by atoms with Crippen LogP contribution in [0, 0.1) is 0 Å². The van der Waals surface area contributed by atoms with Crippen molar-refractivity contribution in [1.82, 2.24) is 19.5 Å². The normalized spacial score (nSPS) is 10.9. The molecule has 0 unspecified atom stereocenters. The summed E-state index contributed by atoms with van der Waals surface area (Å²) in [6.45, 7) is 0.0327. The molecule has 1 amide bonds. The van der Waals surface area contributed by atoms with Crippen molar-refractivity contribution in [2.75, 3.05) is 11.1 Å². The number of fused-ring (bicyclic) bond motifs is 1. The van der Waals surface area contributed by atoms with Crippen LogP contribution in [-0.2, 0) is 11.3 Å². The molecular formula is C19H15N5O5S. The summed E-state index contributed by atoms with van der Waals surface area (Å²) < 4.78 is 6.40. The van der Waals surface area contributed by atoms with E-state index in [1.54, 1.807) is 36.4 Å². The summed E-state index contributed by atoms with van der Waals surface area (Å²) in [5.41, 5.74) is -1.10. The van der Waals surface area contributed by atoms with E-state index in [2.05, 4.69) is 20.3 Å². The molecular weight excluding hydrogens is 410 g/mol. The summed E-state index contributed by atoms with van der Waals surface area (Å²) in [6, 6.07) is 11.3. The zero-order valence-corrected chi connectivity index (χ0v) is 16.2. The van der Waals surface area contributed by atoms with Crippen molar-refractivity contribution in [3.05, 3.63) is 85.7 Å². The number of benzene rings is 1. The van der Waals surface area contributed by atoms with Crippen molar-refractivity contribution in [1.29, 1.82) is 0 Å². The Labute approximate surface area is 172 Å². The van der Waals surface area contributed by atoms with E-state index < -0.39 is 17.2 Å². The number of rotatable bonds is 6. The monoisotopic (exact) mass is 425 g/mol. The van der Waals surface area contributed by atoms with Crippen molar-refractivity contribution in [3.63, 3.8) is 0 Å². The van der Waals surface area contributed by atoms with Gasteiger partial charge in [-0.2, -0.15) is 0 Å². The number of amides is 1. The fourth-order valence-corrected chi connectivity index (χ4v) is 3.45. The highest BCUT2D eigenvalue weighted by atomic mass is 32.2. The number of aromatic nitrogens is 4. The van der Waals surface area contributed by atoms with Crippen molar-refractivity contribution >= 4 is 34.4 Å². The highest BCUT2D eigenvalue weighted by Gasteiger charge is 2.13. The van der Waals surface area contributed by atoms with Gasteiger partial charge in [-0.1, -0.05) is 23.9 Å². The van der Waals surface area contributed by atoms with Crippen molar-refractivity contribution in [2.45, 2.75) is 11.7 Å². The van der Waals surface area contributed by atoms with Gasteiger partial charge in [0, 0.05) is 6.07 Å². The minimum Gasteiger partial charge on any atom is -0.467 e. The molecule has 1 aromatic carbocycles. The molecule has 0 aliphatic carbocycles. The van der Waals surface area contributed by atoms with Crippen LogP contribution in [0.25, 0.3) is 10.9 Å². The molecule has 0 saturated carbocycles. The smallest absolute Gasteiger partial charge is 0.330 e. The molecule has 0 aliphatic heterocycles. The van der Waals surface area contributed by atoms with Gasteiger partial charge in [-0.05, 0) is 24.3 Å². The molecule has 30 heavy (non-hydrogen) atoms. The van der Waals surface area contributed by atoms with Crippen molar-refractivity contribution < 1.29 is 9.21 Å². The Kier molecular flexibility index (Phi) is 5.35. The lowest BCUT2D eigenvalue weighted by Crippen LogP contribution is -2.33. The Morgan fingerprint density at radius 1 is 1.13 bits per heavy atom. The first-order valence-corrected chi connectivity index (χ1v) is 9.76. The maximum Gasteiger partial charge on any atom is 0.330 e. The molecule has 3 heterocycles. The van der Waals surface area contributed by atoms with E-state index in [-0.39, 0.29) is 28.8 Å². The highest BCUT2D eigenvalue weighted by Crippen LogP contribution is 2.15. The van der Waals surface area contributed by atoms with Crippen molar-refractivity contribution in [2.24, 2.45) is 0 Å². The highest BCUT2D eigenvalue weighted by molar-refractivity contribution is 7.99. The summed E-state index contributed by atoms with van der Waals surface area (Å²) >= 11 is 1.03. The first-order valence-electron chi connectivity index (χ1n) is 8.78. The van der Waals surface area contributed by atoms with Gasteiger partial charge in [-0.25, -0.2) is 9.78 Å². The predicted molar refractivity (Wildman–Crippen MR) is 111 cm³/mol. The molecule has 10 nitrogen and oxygen atoms in total. The number of thioether (sulfide) groups is 1. The number of carbonyl (C=O) groups is 1. The van der Waals surface area contributed by atoms with Gasteiger partial charge >= 0.3 is 5.69 Å². The standard InChI is InChI=1S/C19H15N5O5S/c25-15-8-14(24(19(28)22-15)9-11-4-3-7-29-11)21-16(26)10-30-18-20-13-6-2-1-5-12(13)17(27)23-18/h1-8H,9-10H2,(H,21,26)(H,20,23,27)(H,22,25,28). The third kappa shape index (κ3) is 4.25. The Balaban J connectivity index is 1.51. The second-order valence-corrected chi connectivity index (χ2v) is 7.18. The van der Waals surface area contributed by atoms with Crippen LogP contribution in [0.4, 0.5) is 5.82 Å². The molecule has 4 rings (SSSR count). The SMILES string of the molecule is O=C(CSc1nc2ccccc2c(=O)[nH]1)Nc1cc(=O)[nH]c(=O)n1Cc1ccco1. The summed E-state index contributed by atoms with van der Waals surface area (Å²) in [7, 11) is 0. The van der Waals surface area contributed by atoms with Gasteiger partial charge in [0.05, 0.1) is 29.5 Å². The average Bonchev–Trinajstić information content (AvgIpc) is 3.22. The van der Waals surface area contributed by atoms with E-state index in [1.807, 2.05) is 0 Å². The molecule has 0 aliphatic rings. The molecule has 0 spiro atoms. The quantitative estimate of drug-likeness (QED) is 0.310. The third-order valence-corrected chi connectivity index (χ3v) is 5.00. The summed E-state index contributed by atoms with van der Waals surface area (Å²) in [5, 5.41) is 3.29. The van der Waals surface area contributed by atoms with Gasteiger partial charge in [0.25, 0.3) is 11.1 Å². The van der Waals surface area contributed by atoms with Gasteiger partial charge < -0.3 is 14.7 Å². The largest absolute Gasteiger partial charge is 0.467 e. The number of anilines is 1. The topological polar surface area (TPSA) is 143 Å². The number of hydrogen-bond donors (Lipinski definition) is 3. The van der Waals surface area contributed by atoms with Crippen LogP contribution in [0.5, 0.6) is 0 Å². The number of carbonyl (C=O) groups excluding carboxylic acids is 1. The molecule has 0 atom stereocenters. The van der Waals surface area contributed by atoms with Crippen LogP contribution in [0.2, 0.25) is 0 Å². The molecule has 11 heteroatoms. The zero-order chi connectivity index (χ0) is 21.1. The van der Waals surface area contributed by atoms with E-state index in [9.17, 15) is 19.2 Å². The second-order valence-electron chi connectivity index (χ2n) is 6.21. The molecule has 4 aromatic rings. The Bertz CT molecular complexity index is 1390. The first kappa shape index (κ1) is 19.5. The minimum atomic E-state index is -0.678. The minimum absolute atomic E-state index is 0.0327. The zero-order valence-electron chi connectivity index (χ0n) is 15.4. The third-order valence-electron chi connectivity index (χ3n) is 4.13. The van der Waals surface area contributed by atoms with E-state index in [0.717, 1.165) is 17.8 Å². The molecule has 0 radical (unpaired) electrons. The average molecular weight is 425 g/mol. The van der Waals surface area contributed by atoms with Gasteiger partial charge in [0.1, 0.15) is 11.6 Å². The van der Waals surface area contributed by atoms with Gasteiger partial charge in [0.2, 0.25) is 5.91 Å². The fraction of sp³-hybridized carbons (Fsp3) is 0.105. The number of hydrogen-bond acceptors (Lipinski definition) is 7. The van der Waals surface area contributed by atoms with Crippen LogP contribution in [-0.4, -0.2) is 31.2 Å². The summed E-state index contributed by atoms with van der Waals surface area (Å²) in [5.74, 6) is -0.0603. The number of H-pyrrole nitrogens is 2. The lowest BCUT2D eigenvalue weighted by molar-refractivity contribution is -0.113. The lowest BCUT2D eigenvalue weighted by Gasteiger charge is -2.11. The van der Waals surface area contributed by atoms with Gasteiger partial charge in [-0.3, -0.25) is 23.9 Å². The van der Waals surface area contributed by atoms with E-state index >= 15 is 0 Å². The first-order chi connectivity index (χ1) is 14.5. The van der Waals surface area contributed by atoms with Crippen LogP contribution in [0.15, 0.2) is 72.7 Å². The maximum absolute atomic E-state index is 12.4. The molecule has 0 fully saturated rings. The Morgan fingerprint density at radius 3 is 2.77 bits per heavy atom. The summed E-state index contributed by atoms with van der Waals surface area (Å²) in [4.78, 5) is 57.5. The van der Waals surface area contributed by atoms with E-state index in [4.69, 9.17) is 4.42 Å². The van der Waals surface area contributed by atoms with Crippen LogP contribution < -0.4 is 22.1 Å². The van der Waals surface area contributed by atoms with Gasteiger partial charge in [-0.15, -0.1) is 0 Å². The fourth-order valence-electron chi connectivity index (χ4n) is 2.79. The second kappa shape index (κ2) is 8.25. The Morgan fingerprint density at radius 2 is 1.97 bits per heavy atom. The van der Waals surface area contributed by atoms with Crippen LogP contribution >= 0.6 is 11.8 Å². The number of aromatic amines is 2. The number of nitrogens with one attached hydrogen (secondary N) is 3. The lowest BCUT2D eigenvalue weighted by atomic mass is 10.2. The van der Waals surface area contributed by atoms with Crippen molar-refractivity contribution in [3.8, 4) is 0 Å². The maximum atomic E-state index is 12.4. The van der Waals surface area contributed by atoms with E-state index in [0.29, 0.717) is 16.7 Å².